The molecule has 2 aromatic rings. The number of hydrogen-bond acceptors (Lipinski definition) is 3. The van der Waals surface area contributed by atoms with Gasteiger partial charge in [-0.2, -0.15) is 0 Å². The van der Waals surface area contributed by atoms with E-state index in [-0.39, 0.29) is 0 Å². The summed E-state index contributed by atoms with van der Waals surface area (Å²) in [7, 11) is 0. The van der Waals surface area contributed by atoms with Crippen molar-refractivity contribution in [2.75, 3.05) is 6.54 Å². The third-order valence-corrected chi connectivity index (χ3v) is 6.74. The molecule has 0 aliphatic carbocycles. The van der Waals surface area contributed by atoms with Crippen LogP contribution in [0.3, 0.4) is 0 Å². The number of thioether (sulfide) groups is 1. The predicted molar refractivity (Wildman–Crippen MR) is 88.2 cm³/mol. The van der Waals surface area contributed by atoms with E-state index >= 15 is 0 Å². The van der Waals surface area contributed by atoms with Gasteiger partial charge in [-0.1, -0.05) is 25.1 Å². The van der Waals surface area contributed by atoms with Gasteiger partial charge in [-0.3, -0.25) is 0 Å². The maximum absolute atomic E-state index is 3.68. The summed E-state index contributed by atoms with van der Waals surface area (Å²) in [5.74, 6) is 0. The number of rotatable bonds is 4. The lowest BCUT2D eigenvalue weighted by Crippen LogP contribution is -2.29. The molecule has 2 unspecified atom stereocenters. The molecule has 2 heterocycles. The Morgan fingerprint density at radius 3 is 2.89 bits per heavy atom. The minimum Gasteiger partial charge on any atom is -0.309 e. The second kappa shape index (κ2) is 6.00. The second-order valence-electron chi connectivity index (χ2n) is 4.64. The smallest absolute Gasteiger partial charge is 0.0553 e. The van der Waals surface area contributed by atoms with Crippen LogP contribution in [-0.4, -0.2) is 11.8 Å². The van der Waals surface area contributed by atoms with Gasteiger partial charge in [0.05, 0.1) is 6.04 Å². The molecule has 0 saturated carbocycles. The van der Waals surface area contributed by atoms with Crippen LogP contribution in [0.1, 0.15) is 23.4 Å². The normalized spacial score (nSPS) is 19.4. The van der Waals surface area contributed by atoms with E-state index in [1.54, 1.807) is 0 Å². The number of benzene rings is 1. The molecule has 0 spiro atoms. The number of hydrogen-bond donors (Lipinski definition) is 1. The molecule has 1 aromatic carbocycles. The van der Waals surface area contributed by atoms with Gasteiger partial charge in [-0.15, -0.1) is 23.1 Å². The van der Waals surface area contributed by atoms with Gasteiger partial charge in [0.25, 0.3) is 0 Å². The molecule has 1 nitrogen and oxygen atoms in total. The van der Waals surface area contributed by atoms with Gasteiger partial charge in [0.2, 0.25) is 0 Å². The van der Waals surface area contributed by atoms with Crippen molar-refractivity contribution in [2.45, 2.75) is 29.5 Å². The van der Waals surface area contributed by atoms with Crippen LogP contribution in [0.5, 0.6) is 0 Å². The molecular formula is C15H16BrNS2. The van der Waals surface area contributed by atoms with E-state index in [1.165, 1.54) is 19.8 Å². The maximum Gasteiger partial charge on any atom is 0.0553 e. The molecule has 100 valence electrons. The summed E-state index contributed by atoms with van der Waals surface area (Å²) >= 11 is 7.54. The molecular weight excluding hydrogens is 338 g/mol. The lowest BCUT2D eigenvalue weighted by Gasteiger charge is -2.23. The topological polar surface area (TPSA) is 12.0 Å². The zero-order chi connectivity index (χ0) is 13.2. The van der Waals surface area contributed by atoms with Crippen LogP contribution in [0.15, 0.2) is 45.1 Å². The Morgan fingerprint density at radius 1 is 1.37 bits per heavy atom. The maximum atomic E-state index is 3.68. The van der Waals surface area contributed by atoms with Crippen molar-refractivity contribution in [3.05, 3.63) is 50.6 Å². The molecule has 0 bridgehead atoms. The summed E-state index contributed by atoms with van der Waals surface area (Å²) in [6, 6.07) is 11.4. The Hall–Kier alpha value is -0.290. The number of thiophene rings is 1. The quantitative estimate of drug-likeness (QED) is 0.840. The minimum absolute atomic E-state index is 0.428. The van der Waals surface area contributed by atoms with Gasteiger partial charge in [0, 0.05) is 19.5 Å². The lowest BCUT2D eigenvalue weighted by atomic mass is 10.0. The fraction of sp³-hybridized carbons (Fsp3) is 0.333. The Labute approximate surface area is 130 Å². The van der Waals surface area contributed by atoms with Crippen molar-refractivity contribution in [2.24, 2.45) is 0 Å². The average Bonchev–Trinajstić information content (AvgIpc) is 3.02. The number of halogens is 1. The summed E-state index contributed by atoms with van der Waals surface area (Å²) < 4.78 is 1.24. The van der Waals surface area contributed by atoms with Crippen LogP contribution < -0.4 is 5.32 Å². The molecule has 1 aliphatic heterocycles. The van der Waals surface area contributed by atoms with Crippen molar-refractivity contribution < 1.29 is 0 Å². The fourth-order valence-electron chi connectivity index (χ4n) is 2.54. The zero-order valence-corrected chi connectivity index (χ0v) is 13.9. The van der Waals surface area contributed by atoms with Gasteiger partial charge >= 0.3 is 0 Å². The molecule has 3 rings (SSSR count). The van der Waals surface area contributed by atoms with E-state index < -0.39 is 0 Å². The van der Waals surface area contributed by atoms with E-state index in [0.717, 1.165) is 13.0 Å². The van der Waals surface area contributed by atoms with Crippen LogP contribution in [0.4, 0.5) is 0 Å². The summed E-state index contributed by atoms with van der Waals surface area (Å²) in [5, 5.41) is 6.42. The molecule has 0 saturated heterocycles. The van der Waals surface area contributed by atoms with Gasteiger partial charge in [0.1, 0.15) is 0 Å². The molecule has 4 heteroatoms. The molecule has 2 atom stereocenters. The Bertz CT molecular complexity index is 542. The second-order valence-corrected chi connectivity index (χ2v) is 7.72. The minimum atomic E-state index is 0.428. The van der Waals surface area contributed by atoms with Crippen molar-refractivity contribution in [1.29, 1.82) is 0 Å². The van der Waals surface area contributed by atoms with E-state index in [2.05, 4.69) is 63.9 Å². The van der Waals surface area contributed by atoms with Crippen LogP contribution in [-0.2, 0) is 6.42 Å². The first kappa shape index (κ1) is 13.7. The van der Waals surface area contributed by atoms with Crippen molar-refractivity contribution in [3.63, 3.8) is 0 Å². The van der Waals surface area contributed by atoms with E-state index in [1.807, 2.05) is 23.1 Å². The largest absolute Gasteiger partial charge is 0.309 e. The standard InChI is InChI=1S/C15H16BrNS2/c1-2-17-14(15-11(16)7-8-18-15)13-9-10-5-3-4-6-12(10)19-13/h3-8,13-14,17H,2,9H2,1H3. The zero-order valence-electron chi connectivity index (χ0n) is 10.7. The third-order valence-electron chi connectivity index (χ3n) is 3.40. The van der Waals surface area contributed by atoms with Crippen LogP contribution in [0, 0.1) is 0 Å². The number of fused-ring (bicyclic) bond motifs is 1. The number of nitrogens with one attached hydrogen (secondary N) is 1. The monoisotopic (exact) mass is 353 g/mol. The molecule has 1 N–H and O–H groups in total. The highest BCUT2D eigenvalue weighted by molar-refractivity contribution is 9.10. The van der Waals surface area contributed by atoms with E-state index in [0.29, 0.717) is 11.3 Å². The van der Waals surface area contributed by atoms with E-state index in [4.69, 9.17) is 0 Å². The first-order chi connectivity index (χ1) is 9.29. The van der Waals surface area contributed by atoms with Crippen molar-refractivity contribution >= 4 is 39.0 Å². The molecule has 1 aromatic heterocycles. The highest BCUT2D eigenvalue weighted by atomic mass is 79.9. The van der Waals surface area contributed by atoms with Gasteiger partial charge in [0.15, 0.2) is 0 Å². The highest BCUT2D eigenvalue weighted by Gasteiger charge is 2.31. The molecule has 0 amide bonds. The van der Waals surface area contributed by atoms with Crippen LogP contribution >= 0.6 is 39.0 Å². The molecule has 19 heavy (non-hydrogen) atoms. The van der Waals surface area contributed by atoms with Gasteiger partial charge in [-0.25, -0.2) is 0 Å². The summed E-state index contributed by atoms with van der Waals surface area (Å²) in [6.07, 6.45) is 1.16. The summed E-state index contributed by atoms with van der Waals surface area (Å²) in [4.78, 5) is 2.87. The van der Waals surface area contributed by atoms with Crippen molar-refractivity contribution in [3.8, 4) is 0 Å². The SMILES string of the molecule is CCNC(c1sccc1Br)C1Cc2ccccc2S1. The first-order valence-corrected chi connectivity index (χ1v) is 9.05. The third kappa shape index (κ3) is 2.77. The fourth-order valence-corrected chi connectivity index (χ4v) is 5.80. The first-order valence-electron chi connectivity index (χ1n) is 6.50. The highest BCUT2D eigenvalue weighted by Crippen LogP contribution is 2.44. The van der Waals surface area contributed by atoms with Crippen LogP contribution in [0.2, 0.25) is 0 Å². The summed E-state index contributed by atoms with van der Waals surface area (Å²) in [6.45, 7) is 3.18. The lowest BCUT2D eigenvalue weighted by molar-refractivity contribution is 0.538. The van der Waals surface area contributed by atoms with Gasteiger partial charge < -0.3 is 5.32 Å². The predicted octanol–water partition coefficient (Wildman–Crippen LogP) is 4.88. The Morgan fingerprint density at radius 2 is 2.21 bits per heavy atom. The molecule has 0 radical (unpaired) electrons. The van der Waals surface area contributed by atoms with Crippen molar-refractivity contribution in [1.82, 2.24) is 5.32 Å². The van der Waals surface area contributed by atoms with Crippen LogP contribution in [0.25, 0.3) is 0 Å². The van der Waals surface area contributed by atoms with Gasteiger partial charge in [-0.05, 0) is 52.0 Å². The van der Waals surface area contributed by atoms with E-state index in [9.17, 15) is 0 Å². The summed E-state index contributed by atoms with van der Waals surface area (Å²) in [5.41, 5.74) is 1.49. The molecule has 1 aliphatic rings. The average molecular weight is 354 g/mol. The Kier molecular flexibility index (Phi) is 4.32. The Balaban J connectivity index is 1.86. The molecule has 0 fully saturated rings.